The number of aliphatic hydroxyl groups is 3. The quantitative estimate of drug-likeness (QED) is 0.552. The van der Waals surface area contributed by atoms with E-state index in [1.165, 1.54) is 24.1 Å². The van der Waals surface area contributed by atoms with Gasteiger partial charge in [-0.15, -0.1) is 0 Å². The third-order valence-electron chi connectivity index (χ3n) is 3.40. The molecule has 0 bridgehead atoms. The van der Waals surface area contributed by atoms with E-state index in [2.05, 4.69) is 15.0 Å². The van der Waals surface area contributed by atoms with E-state index in [4.69, 9.17) is 17.0 Å². The van der Waals surface area contributed by atoms with Crippen LogP contribution in [0.15, 0.2) is 12.7 Å². The van der Waals surface area contributed by atoms with Crippen molar-refractivity contribution in [2.24, 2.45) is 0 Å². The molecule has 9 heteroatoms. The van der Waals surface area contributed by atoms with Gasteiger partial charge in [0, 0.05) is 0 Å². The number of fused-ring (bicyclic) bond motifs is 1. The Kier molecular flexibility index (Phi) is 3.30. The first-order valence-electron chi connectivity index (χ1n) is 6.10. The molecule has 0 aromatic carbocycles. The normalized spacial score (nSPS) is 31.8. The number of nitrogens with zero attached hydrogens (tertiary/aromatic N) is 3. The molecule has 3 heterocycles. The third kappa shape index (κ3) is 1.95. The number of aliphatic hydroxyl groups excluding tert-OH is 3. The second-order valence-electron chi connectivity index (χ2n) is 4.77. The van der Waals surface area contributed by atoms with E-state index >= 15 is 0 Å². The van der Waals surface area contributed by atoms with Crippen LogP contribution in [-0.4, -0.2) is 59.3 Å². The number of H-pyrrole nitrogens is 1. The molecule has 4 N–H and O–H groups in total. The summed E-state index contributed by atoms with van der Waals surface area (Å²) in [4.78, 5) is 10.9. The fourth-order valence-corrected chi connectivity index (χ4v) is 2.58. The fraction of sp³-hybridized carbons (Fsp3) is 0.545. The Hall–Kier alpha value is -1.39. The Morgan fingerprint density at radius 1 is 1.40 bits per heavy atom. The molecule has 1 aliphatic rings. The zero-order valence-corrected chi connectivity index (χ0v) is 11.4. The number of hydrogen-bond donors (Lipinski definition) is 4. The smallest absolute Gasteiger partial charge is 0.165 e. The summed E-state index contributed by atoms with van der Waals surface area (Å²) in [5, 5.41) is 29.6. The van der Waals surface area contributed by atoms with Crippen LogP contribution in [0.1, 0.15) is 13.2 Å². The largest absolute Gasteiger partial charge is 0.391 e. The van der Waals surface area contributed by atoms with Gasteiger partial charge in [-0.3, -0.25) is 4.57 Å². The maximum atomic E-state index is 10.1. The van der Waals surface area contributed by atoms with Crippen molar-refractivity contribution >= 4 is 23.4 Å². The van der Waals surface area contributed by atoms with Crippen LogP contribution in [0.3, 0.4) is 0 Å². The monoisotopic (exact) mass is 298 g/mol. The molecule has 0 radical (unpaired) electrons. The second-order valence-corrected chi connectivity index (χ2v) is 5.16. The predicted molar refractivity (Wildman–Crippen MR) is 70.3 cm³/mol. The number of aromatic amines is 1. The molecule has 2 aromatic heterocycles. The van der Waals surface area contributed by atoms with E-state index in [1.807, 2.05) is 0 Å². The van der Waals surface area contributed by atoms with Gasteiger partial charge < -0.3 is 25.0 Å². The number of imidazole rings is 1. The number of ether oxygens (including phenoxy) is 1. The first-order valence-corrected chi connectivity index (χ1v) is 6.51. The molecule has 3 rings (SSSR count). The third-order valence-corrected chi connectivity index (χ3v) is 3.70. The van der Waals surface area contributed by atoms with Crippen LogP contribution in [0, 0.1) is 4.64 Å². The Morgan fingerprint density at radius 2 is 2.15 bits per heavy atom. The summed E-state index contributed by atoms with van der Waals surface area (Å²) in [6.07, 6.45) is -2.11. The average molecular weight is 298 g/mol. The maximum Gasteiger partial charge on any atom is 0.165 e. The van der Waals surface area contributed by atoms with Gasteiger partial charge in [-0.1, -0.05) is 12.2 Å². The van der Waals surface area contributed by atoms with E-state index < -0.39 is 30.6 Å². The molecular formula is C11H14N4O4S. The molecule has 5 atom stereocenters. The molecule has 0 amide bonds. The van der Waals surface area contributed by atoms with Gasteiger partial charge in [0.25, 0.3) is 0 Å². The topological polar surface area (TPSA) is 116 Å². The lowest BCUT2D eigenvalue weighted by molar-refractivity contribution is -0.0777. The summed E-state index contributed by atoms with van der Waals surface area (Å²) in [6.45, 7) is 1.49. The lowest BCUT2D eigenvalue weighted by Gasteiger charge is -2.17. The van der Waals surface area contributed by atoms with Crippen LogP contribution < -0.4 is 0 Å². The van der Waals surface area contributed by atoms with Gasteiger partial charge in [0.15, 0.2) is 10.9 Å². The van der Waals surface area contributed by atoms with Crippen LogP contribution in [0.5, 0.6) is 0 Å². The SMILES string of the molecule is C[C@@H](O)[C@H]1O[C@@H](n2cnc3c(=S)nc[nH]c32)[C@H](O)[C@@H]1O. The highest BCUT2D eigenvalue weighted by Gasteiger charge is 2.46. The molecule has 0 unspecified atom stereocenters. The van der Waals surface area contributed by atoms with E-state index in [9.17, 15) is 15.3 Å². The van der Waals surface area contributed by atoms with Crippen molar-refractivity contribution in [2.45, 2.75) is 37.6 Å². The minimum absolute atomic E-state index is 0.331. The van der Waals surface area contributed by atoms with Gasteiger partial charge in [-0.05, 0) is 6.92 Å². The van der Waals surface area contributed by atoms with Crippen molar-refractivity contribution in [3.63, 3.8) is 0 Å². The standard InChI is InChI=1S/C11H14N4O4S/c1-4(16)8-6(17)7(18)11(19-8)15-3-14-5-9(15)12-2-13-10(5)20/h2-4,6-8,11,16-18H,1H3,(H,12,13,20)/t4-,6+,7-,8-,11-/m1/s1. The predicted octanol–water partition coefficient (Wildman–Crippen LogP) is -0.511. The molecule has 108 valence electrons. The molecular weight excluding hydrogens is 284 g/mol. The highest BCUT2D eigenvalue weighted by atomic mass is 32.1. The highest BCUT2D eigenvalue weighted by molar-refractivity contribution is 7.71. The van der Waals surface area contributed by atoms with Crippen molar-refractivity contribution in [1.29, 1.82) is 0 Å². The summed E-state index contributed by atoms with van der Waals surface area (Å²) >= 11 is 5.06. The van der Waals surface area contributed by atoms with Crippen LogP contribution in [-0.2, 0) is 4.74 Å². The summed E-state index contributed by atoms with van der Waals surface area (Å²) in [5.74, 6) is 0. The van der Waals surface area contributed by atoms with Crippen LogP contribution in [0.2, 0.25) is 0 Å². The van der Waals surface area contributed by atoms with Gasteiger partial charge in [-0.25, -0.2) is 9.97 Å². The first kappa shape index (κ1) is 13.6. The Morgan fingerprint density at radius 3 is 2.80 bits per heavy atom. The van der Waals surface area contributed by atoms with E-state index in [0.29, 0.717) is 15.8 Å². The van der Waals surface area contributed by atoms with Crippen LogP contribution >= 0.6 is 12.2 Å². The summed E-state index contributed by atoms with van der Waals surface area (Å²) in [5.41, 5.74) is 1.01. The van der Waals surface area contributed by atoms with Gasteiger partial charge >= 0.3 is 0 Å². The van der Waals surface area contributed by atoms with Crippen molar-refractivity contribution in [2.75, 3.05) is 0 Å². The van der Waals surface area contributed by atoms with Crippen LogP contribution in [0.25, 0.3) is 11.2 Å². The van der Waals surface area contributed by atoms with Gasteiger partial charge in [-0.2, -0.15) is 0 Å². The fourth-order valence-electron chi connectivity index (χ4n) is 2.38. The maximum absolute atomic E-state index is 10.1. The lowest BCUT2D eigenvalue weighted by atomic mass is 10.1. The number of aromatic nitrogens is 4. The molecule has 1 saturated heterocycles. The van der Waals surface area contributed by atoms with Gasteiger partial charge in [0.2, 0.25) is 0 Å². The van der Waals surface area contributed by atoms with Crippen molar-refractivity contribution < 1.29 is 20.1 Å². The second kappa shape index (κ2) is 4.86. The molecule has 2 aromatic rings. The zero-order chi connectivity index (χ0) is 14.4. The van der Waals surface area contributed by atoms with Gasteiger partial charge in [0.1, 0.15) is 29.5 Å². The molecule has 1 aliphatic heterocycles. The zero-order valence-electron chi connectivity index (χ0n) is 10.5. The average Bonchev–Trinajstić information content (AvgIpc) is 2.94. The molecule has 0 saturated carbocycles. The van der Waals surface area contributed by atoms with Crippen molar-refractivity contribution in [1.82, 2.24) is 19.5 Å². The first-order chi connectivity index (χ1) is 9.50. The Balaban J connectivity index is 2.04. The molecule has 0 aliphatic carbocycles. The summed E-state index contributed by atoms with van der Waals surface area (Å²) in [6, 6.07) is 0. The Bertz CT molecular complexity index is 684. The van der Waals surface area contributed by atoms with E-state index in [0.717, 1.165) is 0 Å². The van der Waals surface area contributed by atoms with E-state index in [1.54, 1.807) is 0 Å². The number of hydrogen-bond acceptors (Lipinski definition) is 7. The Labute approximate surface area is 118 Å². The number of nitrogens with one attached hydrogen (secondary N) is 1. The van der Waals surface area contributed by atoms with E-state index in [-0.39, 0.29) is 0 Å². The van der Waals surface area contributed by atoms with Gasteiger partial charge in [0.05, 0.1) is 18.8 Å². The summed E-state index contributed by atoms with van der Waals surface area (Å²) < 4.78 is 7.40. The molecule has 0 spiro atoms. The minimum Gasteiger partial charge on any atom is -0.391 e. The number of rotatable bonds is 2. The molecule has 8 nitrogen and oxygen atoms in total. The van der Waals surface area contributed by atoms with Crippen LogP contribution in [0.4, 0.5) is 0 Å². The molecule has 1 fully saturated rings. The summed E-state index contributed by atoms with van der Waals surface area (Å²) in [7, 11) is 0. The van der Waals surface area contributed by atoms with Crippen molar-refractivity contribution in [3.05, 3.63) is 17.3 Å². The minimum atomic E-state index is -1.18. The highest BCUT2D eigenvalue weighted by Crippen LogP contribution is 2.32. The lowest BCUT2D eigenvalue weighted by Crippen LogP contribution is -2.37. The van der Waals surface area contributed by atoms with Crippen molar-refractivity contribution in [3.8, 4) is 0 Å². The molecule has 20 heavy (non-hydrogen) atoms.